The molecule has 0 radical (unpaired) electrons. The molecular formula is C24H31N3O6S. The highest BCUT2D eigenvalue weighted by molar-refractivity contribution is 7.89. The van der Waals surface area contributed by atoms with Crippen molar-refractivity contribution in [2.24, 2.45) is 5.92 Å². The van der Waals surface area contributed by atoms with Gasteiger partial charge in [-0.25, -0.2) is 8.42 Å². The van der Waals surface area contributed by atoms with Crippen molar-refractivity contribution in [2.45, 2.75) is 51.1 Å². The highest BCUT2D eigenvalue weighted by Crippen LogP contribution is 2.34. The number of sulfonamides is 1. The van der Waals surface area contributed by atoms with Gasteiger partial charge in [0.2, 0.25) is 21.8 Å². The summed E-state index contributed by atoms with van der Waals surface area (Å²) in [5, 5.41) is 2.74. The molecule has 184 valence electrons. The average Bonchev–Trinajstić information content (AvgIpc) is 3.12. The van der Waals surface area contributed by atoms with Crippen molar-refractivity contribution in [3.8, 4) is 11.5 Å². The molecule has 9 nitrogen and oxygen atoms in total. The highest BCUT2D eigenvalue weighted by atomic mass is 32.2. The number of ether oxygens (including phenoxy) is 2. The van der Waals surface area contributed by atoms with Gasteiger partial charge in [-0.05, 0) is 55.2 Å². The lowest BCUT2D eigenvalue weighted by Crippen LogP contribution is -2.47. The monoisotopic (exact) mass is 489 g/mol. The van der Waals surface area contributed by atoms with Gasteiger partial charge in [-0.15, -0.1) is 0 Å². The lowest BCUT2D eigenvalue weighted by atomic mass is 10.0. The molecule has 1 heterocycles. The van der Waals surface area contributed by atoms with E-state index in [4.69, 9.17) is 9.47 Å². The van der Waals surface area contributed by atoms with Crippen molar-refractivity contribution in [2.75, 3.05) is 24.4 Å². The molecule has 2 N–H and O–H groups in total. The Morgan fingerprint density at radius 2 is 1.74 bits per heavy atom. The van der Waals surface area contributed by atoms with Gasteiger partial charge in [0.15, 0.2) is 11.5 Å². The smallest absolute Gasteiger partial charge is 0.242 e. The average molecular weight is 490 g/mol. The summed E-state index contributed by atoms with van der Waals surface area (Å²) < 4.78 is 39.4. The molecule has 0 bridgehead atoms. The molecule has 34 heavy (non-hydrogen) atoms. The van der Waals surface area contributed by atoms with Crippen molar-refractivity contribution in [3.05, 3.63) is 42.0 Å². The van der Waals surface area contributed by atoms with Crippen LogP contribution in [-0.2, 0) is 26.0 Å². The molecule has 2 aromatic carbocycles. The fourth-order valence-corrected chi connectivity index (χ4v) is 5.51. The van der Waals surface area contributed by atoms with E-state index in [1.165, 1.54) is 27.2 Å². The molecule has 10 heteroatoms. The Labute approximate surface area is 200 Å². The predicted molar refractivity (Wildman–Crippen MR) is 130 cm³/mol. The van der Waals surface area contributed by atoms with Crippen molar-refractivity contribution >= 4 is 33.2 Å². The van der Waals surface area contributed by atoms with E-state index in [9.17, 15) is 18.0 Å². The van der Waals surface area contributed by atoms with Gasteiger partial charge in [-0.3, -0.25) is 9.59 Å². The Balaban J connectivity index is 1.82. The molecule has 0 unspecified atom stereocenters. The number of benzene rings is 2. The molecule has 2 amide bonds. The minimum atomic E-state index is -4.00. The fourth-order valence-electron chi connectivity index (χ4n) is 4.12. The van der Waals surface area contributed by atoms with E-state index in [1.807, 2.05) is 6.92 Å². The molecule has 2 aromatic rings. The number of amides is 2. The number of carbonyl (C=O) groups is 2. The Morgan fingerprint density at radius 3 is 2.32 bits per heavy atom. The van der Waals surface area contributed by atoms with Gasteiger partial charge in [0.05, 0.1) is 19.1 Å². The molecule has 3 rings (SSSR count). The molecular weight excluding hydrogens is 458 g/mol. The first-order chi connectivity index (χ1) is 16.0. The van der Waals surface area contributed by atoms with Crippen molar-refractivity contribution in [3.63, 3.8) is 0 Å². The van der Waals surface area contributed by atoms with E-state index < -0.39 is 22.0 Å². The van der Waals surface area contributed by atoms with Crippen LogP contribution in [0.4, 0.5) is 11.4 Å². The summed E-state index contributed by atoms with van der Waals surface area (Å²) in [6.45, 7) is 6.93. The molecule has 0 aromatic heterocycles. The number of hydrogen-bond donors (Lipinski definition) is 2. The number of nitrogens with one attached hydrogen (secondary N) is 2. The third-order valence-corrected chi connectivity index (χ3v) is 7.24. The Kier molecular flexibility index (Phi) is 7.52. The summed E-state index contributed by atoms with van der Waals surface area (Å²) in [6.07, 6.45) is 0.561. The van der Waals surface area contributed by atoms with Crippen LogP contribution in [0.3, 0.4) is 0 Å². The van der Waals surface area contributed by atoms with Crippen LogP contribution in [0, 0.1) is 5.92 Å². The SMILES string of the molecule is COc1ccc(NC(=O)[C@H](NS(=O)(=O)c2ccc3c(c2)C[C@@H](C)N3C(C)=O)C(C)C)cc1OC. The number of nitrogens with zero attached hydrogens (tertiary/aromatic N) is 1. The van der Waals surface area contributed by atoms with Crippen LogP contribution in [0.15, 0.2) is 41.3 Å². The third kappa shape index (κ3) is 5.18. The fraction of sp³-hybridized carbons (Fsp3) is 0.417. The van der Waals surface area contributed by atoms with Crippen LogP contribution < -0.4 is 24.4 Å². The summed E-state index contributed by atoms with van der Waals surface area (Å²) in [4.78, 5) is 26.7. The number of anilines is 2. The van der Waals surface area contributed by atoms with Gasteiger partial charge in [-0.1, -0.05) is 13.8 Å². The molecule has 0 spiro atoms. The standard InChI is InChI=1S/C24H31N3O6S/c1-14(2)23(24(29)25-18-7-10-21(32-5)22(13-18)33-6)26-34(30,31)19-8-9-20-17(12-19)11-15(3)27(20)16(4)28/h7-10,12-15,23,26H,11H2,1-6H3,(H,25,29)/t15-,23-/m1/s1. The van der Waals surface area contributed by atoms with Crippen LogP contribution in [0.1, 0.15) is 33.3 Å². The van der Waals surface area contributed by atoms with E-state index in [-0.39, 0.29) is 22.8 Å². The van der Waals surface area contributed by atoms with Crippen LogP contribution in [0.25, 0.3) is 0 Å². The molecule has 0 aliphatic carbocycles. The number of methoxy groups -OCH3 is 2. The zero-order valence-electron chi connectivity index (χ0n) is 20.2. The summed E-state index contributed by atoms with van der Waals surface area (Å²) in [5.74, 6) is 0.0393. The third-order valence-electron chi connectivity index (χ3n) is 5.80. The molecule has 0 saturated heterocycles. The lowest BCUT2D eigenvalue weighted by molar-refractivity contribution is -0.118. The van der Waals surface area contributed by atoms with E-state index >= 15 is 0 Å². The first-order valence-electron chi connectivity index (χ1n) is 11.0. The minimum Gasteiger partial charge on any atom is -0.493 e. The number of rotatable bonds is 8. The second-order valence-electron chi connectivity index (χ2n) is 8.63. The predicted octanol–water partition coefficient (Wildman–Crippen LogP) is 2.94. The maximum absolute atomic E-state index is 13.2. The number of hydrogen-bond acceptors (Lipinski definition) is 6. The maximum atomic E-state index is 13.2. The van der Waals surface area contributed by atoms with Crippen LogP contribution in [-0.4, -0.2) is 46.5 Å². The van der Waals surface area contributed by atoms with Gasteiger partial charge in [0.1, 0.15) is 6.04 Å². The van der Waals surface area contributed by atoms with Crippen LogP contribution in [0.5, 0.6) is 11.5 Å². The Bertz CT molecular complexity index is 1200. The van der Waals surface area contributed by atoms with Gasteiger partial charge >= 0.3 is 0 Å². The second kappa shape index (κ2) is 10.0. The van der Waals surface area contributed by atoms with Crippen LogP contribution >= 0.6 is 0 Å². The lowest BCUT2D eigenvalue weighted by Gasteiger charge is -2.22. The second-order valence-corrected chi connectivity index (χ2v) is 10.3. The first kappa shape index (κ1) is 25.5. The number of carbonyl (C=O) groups excluding carboxylic acids is 2. The van der Waals surface area contributed by atoms with Crippen molar-refractivity contribution < 1.29 is 27.5 Å². The van der Waals surface area contributed by atoms with Crippen molar-refractivity contribution in [1.82, 2.24) is 4.72 Å². The van der Waals surface area contributed by atoms with E-state index in [2.05, 4.69) is 10.0 Å². The highest BCUT2D eigenvalue weighted by Gasteiger charge is 2.32. The maximum Gasteiger partial charge on any atom is 0.242 e. The van der Waals surface area contributed by atoms with E-state index in [0.717, 1.165) is 5.56 Å². The summed E-state index contributed by atoms with van der Waals surface area (Å²) in [6, 6.07) is 8.51. The van der Waals surface area contributed by atoms with Gasteiger partial charge in [0.25, 0.3) is 0 Å². The first-order valence-corrected chi connectivity index (χ1v) is 12.4. The molecule has 1 aliphatic heterocycles. The molecule has 0 fully saturated rings. The number of fused-ring (bicyclic) bond motifs is 1. The summed E-state index contributed by atoms with van der Waals surface area (Å²) >= 11 is 0. The minimum absolute atomic E-state index is 0.0471. The van der Waals surface area contributed by atoms with Crippen molar-refractivity contribution in [1.29, 1.82) is 0 Å². The van der Waals surface area contributed by atoms with Crippen LogP contribution in [0.2, 0.25) is 0 Å². The summed E-state index contributed by atoms with van der Waals surface area (Å²) in [5.41, 5.74) is 1.94. The topological polar surface area (TPSA) is 114 Å². The summed E-state index contributed by atoms with van der Waals surface area (Å²) in [7, 11) is -1.00. The Hall–Kier alpha value is -3.11. The largest absolute Gasteiger partial charge is 0.493 e. The van der Waals surface area contributed by atoms with Gasteiger partial charge < -0.3 is 19.7 Å². The normalized spacial score (nSPS) is 16.2. The van der Waals surface area contributed by atoms with E-state index in [0.29, 0.717) is 29.3 Å². The van der Waals surface area contributed by atoms with E-state index in [1.54, 1.807) is 49.1 Å². The molecule has 0 saturated carbocycles. The van der Waals surface area contributed by atoms with Gasteiger partial charge in [-0.2, -0.15) is 4.72 Å². The Morgan fingerprint density at radius 1 is 1.06 bits per heavy atom. The zero-order valence-corrected chi connectivity index (χ0v) is 21.0. The quantitative estimate of drug-likeness (QED) is 0.589. The molecule has 1 aliphatic rings. The zero-order chi connectivity index (χ0) is 25.2. The molecule has 2 atom stereocenters. The van der Waals surface area contributed by atoms with Gasteiger partial charge in [0, 0.05) is 30.4 Å².